The van der Waals surface area contributed by atoms with Crippen LogP contribution in [0.2, 0.25) is 0 Å². The first-order valence-corrected chi connectivity index (χ1v) is 10.9. The maximum absolute atomic E-state index is 12.4. The van der Waals surface area contributed by atoms with E-state index in [1.54, 1.807) is 11.9 Å². The van der Waals surface area contributed by atoms with Crippen molar-refractivity contribution in [3.8, 4) is 0 Å². The molecule has 1 aliphatic carbocycles. The Hall–Kier alpha value is -1.24. The molecule has 0 radical (unpaired) electrons. The second-order valence-electron chi connectivity index (χ2n) is 7.20. The van der Waals surface area contributed by atoms with Gasteiger partial charge in [0.15, 0.2) is 0 Å². The maximum Gasteiger partial charge on any atom is 0.317 e. The van der Waals surface area contributed by atoms with Gasteiger partial charge in [-0.1, -0.05) is 42.3 Å². The number of likely N-dealkylation sites (tertiary alicyclic amines) is 1. The summed E-state index contributed by atoms with van der Waals surface area (Å²) in [5.74, 6) is 0.618. The number of rotatable bonds is 7. The minimum Gasteiger partial charge on any atom is -0.376 e. The van der Waals surface area contributed by atoms with Crippen molar-refractivity contribution in [2.45, 2.75) is 56.7 Å². The van der Waals surface area contributed by atoms with Gasteiger partial charge in [0, 0.05) is 19.1 Å². The van der Waals surface area contributed by atoms with Crippen molar-refractivity contribution < 1.29 is 9.53 Å². The fourth-order valence-corrected chi connectivity index (χ4v) is 4.57. The molecule has 1 aromatic carbocycles. The lowest BCUT2D eigenvalue weighted by atomic mass is 9.77. The fraction of sp³-hybridized carbons (Fsp3) is 0.650. The Balaban J connectivity index is 1.53. The molecule has 2 N–H and O–H groups in total. The molecule has 0 bridgehead atoms. The van der Waals surface area contributed by atoms with Crippen molar-refractivity contribution in [2.24, 2.45) is 0 Å². The van der Waals surface area contributed by atoms with Crippen molar-refractivity contribution in [1.82, 2.24) is 14.9 Å². The Morgan fingerprint density at radius 2 is 2.08 bits per heavy atom. The average molecular weight is 378 g/mol. The lowest BCUT2D eigenvalue weighted by molar-refractivity contribution is -0.0422. The standard InChI is InChI=1S/C20H31N3O2S/c1-3-21-20(24)23-11-7-10-18(22-26-2)19(23)14-25-17-12-16(13-17)15-8-5-4-6-9-15/h4-6,8-9,16-19,22H,3,7,10-14H2,1-2H3,(H,21,24). The Kier molecular flexibility index (Phi) is 7.23. The molecule has 2 fully saturated rings. The molecule has 2 unspecified atom stereocenters. The quantitative estimate of drug-likeness (QED) is 0.715. The average Bonchev–Trinajstić information content (AvgIpc) is 2.62. The van der Waals surface area contributed by atoms with Gasteiger partial charge in [0.2, 0.25) is 0 Å². The third-order valence-corrected chi connectivity index (χ3v) is 6.04. The summed E-state index contributed by atoms with van der Waals surface area (Å²) in [6.07, 6.45) is 6.64. The number of hydrogen-bond acceptors (Lipinski definition) is 4. The summed E-state index contributed by atoms with van der Waals surface area (Å²) < 4.78 is 9.70. The molecule has 1 heterocycles. The predicted octanol–water partition coefficient (Wildman–Crippen LogP) is 3.38. The highest BCUT2D eigenvalue weighted by Crippen LogP contribution is 2.38. The molecule has 1 saturated heterocycles. The van der Waals surface area contributed by atoms with Crippen LogP contribution >= 0.6 is 11.9 Å². The zero-order valence-electron chi connectivity index (χ0n) is 15.8. The summed E-state index contributed by atoms with van der Waals surface area (Å²) in [6, 6.07) is 11.1. The van der Waals surface area contributed by atoms with Gasteiger partial charge in [-0.25, -0.2) is 4.79 Å². The van der Waals surface area contributed by atoms with Crippen molar-refractivity contribution >= 4 is 18.0 Å². The van der Waals surface area contributed by atoms with Crippen molar-refractivity contribution in [3.05, 3.63) is 35.9 Å². The summed E-state index contributed by atoms with van der Waals surface area (Å²) in [7, 11) is 0. The minimum absolute atomic E-state index is 0.0319. The summed E-state index contributed by atoms with van der Waals surface area (Å²) in [5.41, 5.74) is 1.41. The van der Waals surface area contributed by atoms with Crippen molar-refractivity contribution in [3.63, 3.8) is 0 Å². The van der Waals surface area contributed by atoms with E-state index in [0.717, 1.165) is 32.2 Å². The smallest absolute Gasteiger partial charge is 0.317 e. The van der Waals surface area contributed by atoms with Crippen LogP contribution in [0.15, 0.2) is 30.3 Å². The van der Waals surface area contributed by atoms with Gasteiger partial charge in [-0.2, -0.15) is 0 Å². The van der Waals surface area contributed by atoms with Crippen LogP contribution in [0.25, 0.3) is 0 Å². The third kappa shape index (κ3) is 4.72. The van der Waals surface area contributed by atoms with Crippen LogP contribution in [0, 0.1) is 0 Å². The molecule has 6 heteroatoms. The molecule has 1 aliphatic heterocycles. The molecule has 5 nitrogen and oxygen atoms in total. The number of benzene rings is 1. The van der Waals surface area contributed by atoms with Gasteiger partial charge in [-0.3, -0.25) is 4.72 Å². The summed E-state index contributed by atoms with van der Waals surface area (Å²) in [6.45, 7) is 4.04. The van der Waals surface area contributed by atoms with E-state index in [0.29, 0.717) is 25.2 Å². The van der Waals surface area contributed by atoms with Crippen LogP contribution in [-0.4, -0.2) is 55.1 Å². The van der Waals surface area contributed by atoms with Gasteiger partial charge in [0.1, 0.15) is 0 Å². The Labute approximate surface area is 161 Å². The van der Waals surface area contributed by atoms with Gasteiger partial charge < -0.3 is 15.0 Å². The largest absolute Gasteiger partial charge is 0.376 e. The normalized spacial score (nSPS) is 28.5. The maximum atomic E-state index is 12.4. The fourth-order valence-electron chi connectivity index (χ4n) is 3.99. The number of carbonyl (C=O) groups excluding carboxylic acids is 1. The van der Waals surface area contributed by atoms with Gasteiger partial charge >= 0.3 is 6.03 Å². The molecular formula is C20H31N3O2S. The van der Waals surface area contributed by atoms with E-state index in [2.05, 4.69) is 40.4 Å². The molecular weight excluding hydrogens is 346 g/mol. The number of urea groups is 1. The molecule has 2 amide bonds. The van der Waals surface area contributed by atoms with E-state index in [-0.39, 0.29) is 18.1 Å². The first-order chi connectivity index (χ1) is 12.7. The molecule has 144 valence electrons. The SMILES string of the molecule is CCNC(=O)N1CCCC(NSC)C1COC1CC(c2ccccc2)C1. The Bertz CT molecular complexity index is 563. The van der Waals surface area contributed by atoms with Crippen LogP contribution < -0.4 is 10.0 Å². The number of carbonyl (C=O) groups is 1. The number of ether oxygens (including phenoxy) is 1. The van der Waals surface area contributed by atoms with E-state index in [9.17, 15) is 4.79 Å². The predicted molar refractivity (Wildman–Crippen MR) is 107 cm³/mol. The van der Waals surface area contributed by atoms with Gasteiger partial charge in [-0.15, -0.1) is 0 Å². The van der Waals surface area contributed by atoms with Crippen LogP contribution in [0.5, 0.6) is 0 Å². The molecule has 0 aromatic heterocycles. The first-order valence-electron chi connectivity index (χ1n) is 9.72. The molecule has 1 saturated carbocycles. The van der Waals surface area contributed by atoms with E-state index in [1.807, 2.05) is 18.1 Å². The molecule has 2 aliphatic rings. The highest BCUT2D eigenvalue weighted by Gasteiger charge is 2.37. The number of piperidine rings is 1. The highest BCUT2D eigenvalue weighted by molar-refractivity contribution is 7.96. The molecule has 1 aromatic rings. The summed E-state index contributed by atoms with van der Waals surface area (Å²) >= 11 is 1.63. The molecule has 2 atom stereocenters. The number of nitrogens with zero attached hydrogens (tertiary/aromatic N) is 1. The lowest BCUT2D eigenvalue weighted by Crippen LogP contribution is -2.59. The number of nitrogens with one attached hydrogen (secondary N) is 2. The van der Waals surface area contributed by atoms with Crippen LogP contribution in [0.4, 0.5) is 4.79 Å². The van der Waals surface area contributed by atoms with E-state index in [1.165, 1.54) is 5.56 Å². The zero-order valence-corrected chi connectivity index (χ0v) is 16.6. The number of hydrogen-bond donors (Lipinski definition) is 2. The zero-order chi connectivity index (χ0) is 18.4. The molecule has 3 rings (SSSR count). The lowest BCUT2D eigenvalue weighted by Gasteiger charge is -2.43. The van der Waals surface area contributed by atoms with Gasteiger partial charge in [-0.05, 0) is 50.3 Å². The Morgan fingerprint density at radius 1 is 1.31 bits per heavy atom. The van der Waals surface area contributed by atoms with Crippen LogP contribution in [0.1, 0.15) is 44.1 Å². The van der Waals surface area contributed by atoms with Gasteiger partial charge in [0.25, 0.3) is 0 Å². The highest BCUT2D eigenvalue weighted by atomic mass is 32.2. The third-order valence-electron chi connectivity index (χ3n) is 5.51. The molecule has 26 heavy (non-hydrogen) atoms. The van der Waals surface area contributed by atoms with Gasteiger partial charge in [0.05, 0.1) is 18.8 Å². The Morgan fingerprint density at radius 3 is 2.77 bits per heavy atom. The monoisotopic (exact) mass is 377 g/mol. The van der Waals surface area contributed by atoms with Crippen molar-refractivity contribution in [1.29, 1.82) is 0 Å². The number of amides is 2. The first kappa shape index (κ1) is 19.5. The van der Waals surface area contributed by atoms with E-state index in [4.69, 9.17) is 4.74 Å². The van der Waals surface area contributed by atoms with E-state index >= 15 is 0 Å². The van der Waals surface area contributed by atoms with Crippen molar-refractivity contribution in [2.75, 3.05) is 26.0 Å². The topological polar surface area (TPSA) is 53.6 Å². The molecule has 0 spiro atoms. The van der Waals surface area contributed by atoms with Crippen LogP contribution in [-0.2, 0) is 4.74 Å². The van der Waals surface area contributed by atoms with Crippen LogP contribution in [0.3, 0.4) is 0 Å². The summed E-state index contributed by atoms with van der Waals surface area (Å²) in [4.78, 5) is 14.4. The second kappa shape index (κ2) is 9.62. The minimum atomic E-state index is 0.0319. The summed E-state index contributed by atoms with van der Waals surface area (Å²) in [5, 5.41) is 2.95. The second-order valence-corrected chi connectivity index (χ2v) is 7.85. The van der Waals surface area contributed by atoms with E-state index < -0.39 is 0 Å².